The van der Waals surface area contributed by atoms with Gasteiger partial charge in [0, 0.05) is 0 Å². The fraction of sp³-hybridized carbons (Fsp3) is 0.667. The van der Waals surface area contributed by atoms with E-state index in [1.807, 2.05) is 27.7 Å². The third-order valence-electron chi connectivity index (χ3n) is 3.77. The molecule has 110 valence electrons. The van der Waals surface area contributed by atoms with Gasteiger partial charge in [-0.1, -0.05) is 0 Å². The van der Waals surface area contributed by atoms with Gasteiger partial charge in [-0.05, 0) is 27.7 Å². The molecule has 1 aliphatic rings. The molecular formula is C12H20BN3O4. The van der Waals surface area contributed by atoms with E-state index in [9.17, 15) is 0 Å². The average molecular weight is 281 g/mol. The van der Waals surface area contributed by atoms with E-state index in [-0.39, 0.29) is 17.7 Å². The number of hydrogen-bond donors (Lipinski definition) is 1. The van der Waals surface area contributed by atoms with E-state index in [1.165, 1.54) is 14.2 Å². The Morgan fingerprint density at radius 2 is 1.35 bits per heavy atom. The number of anilines is 1. The van der Waals surface area contributed by atoms with Crippen molar-refractivity contribution in [3.8, 4) is 11.8 Å². The van der Waals surface area contributed by atoms with Crippen LogP contribution in [0, 0.1) is 0 Å². The van der Waals surface area contributed by atoms with E-state index >= 15 is 0 Å². The molecule has 1 aromatic rings. The largest absolute Gasteiger partial charge is 0.506 e. The summed E-state index contributed by atoms with van der Waals surface area (Å²) in [5.41, 5.74) is 5.17. The Morgan fingerprint density at radius 3 is 1.70 bits per heavy atom. The molecule has 0 saturated carbocycles. The van der Waals surface area contributed by atoms with Crippen LogP contribution in [0.5, 0.6) is 11.8 Å². The first-order valence-electron chi connectivity index (χ1n) is 6.33. The molecule has 0 atom stereocenters. The number of ether oxygens (including phenoxy) is 2. The predicted molar refractivity (Wildman–Crippen MR) is 75.3 cm³/mol. The fourth-order valence-corrected chi connectivity index (χ4v) is 1.92. The van der Waals surface area contributed by atoms with Crippen LogP contribution in [0.2, 0.25) is 0 Å². The third kappa shape index (κ3) is 2.29. The van der Waals surface area contributed by atoms with Crippen LogP contribution in [0.15, 0.2) is 0 Å². The Kier molecular flexibility index (Phi) is 3.55. The number of rotatable bonds is 3. The van der Waals surface area contributed by atoms with Crippen molar-refractivity contribution in [2.75, 3.05) is 20.0 Å². The topological polar surface area (TPSA) is 88.7 Å². The highest BCUT2D eigenvalue weighted by molar-refractivity contribution is 6.64. The molecule has 1 saturated heterocycles. The summed E-state index contributed by atoms with van der Waals surface area (Å²) in [5.74, 6) is 0.639. The molecule has 2 N–H and O–H groups in total. The van der Waals surface area contributed by atoms with E-state index in [0.29, 0.717) is 5.46 Å². The van der Waals surface area contributed by atoms with Crippen LogP contribution in [-0.2, 0) is 9.31 Å². The molecule has 0 amide bonds. The number of methoxy groups -OCH3 is 2. The van der Waals surface area contributed by atoms with E-state index < -0.39 is 18.3 Å². The molecular weight excluding hydrogens is 261 g/mol. The van der Waals surface area contributed by atoms with Crippen molar-refractivity contribution in [1.82, 2.24) is 9.97 Å². The zero-order chi connectivity index (χ0) is 15.1. The van der Waals surface area contributed by atoms with Gasteiger partial charge in [0.1, 0.15) is 5.46 Å². The van der Waals surface area contributed by atoms with Gasteiger partial charge in [-0.2, -0.15) is 9.97 Å². The Morgan fingerprint density at radius 1 is 0.950 bits per heavy atom. The van der Waals surface area contributed by atoms with Gasteiger partial charge in [0.25, 0.3) is 0 Å². The standard InChI is InChI=1S/C12H20BN3O4/c1-11(2)12(3,4)20-13(19-11)7-8(17-5)15-10(14)16-9(7)18-6/h1-6H3,(H2,14,15,16). The van der Waals surface area contributed by atoms with Gasteiger partial charge in [0.15, 0.2) is 0 Å². The minimum Gasteiger partial charge on any atom is -0.481 e. The fourth-order valence-electron chi connectivity index (χ4n) is 1.92. The molecule has 1 aliphatic heterocycles. The Hall–Kier alpha value is -1.54. The van der Waals surface area contributed by atoms with Crippen LogP contribution < -0.4 is 20.7 Å². The first-order valence-corrected chi connectivity index (χ1v) is 6.33. The predicted octanol–water partition coefficient (Wildman–Crippen LogP) is 0.375. The van der Waals surface area contributed by atoms with Crippen molar-refractivity contribution in [1.29, 1.82) is 0 Å². The number of nitrogens with zero attached hydrogens (tertiary/aromatic N) is 2. The van der Waals surface area contributed by atoms with Gasteiger partial charge in [-0.3, -0.25) is 0 Å². The summed E-state index contributed by atoms with van der Waals surface area (Å²) in [6.07, 6.45) is 0. The Labute approximate surface area is 118 Å². The number of aromatic nitrogens is 2. The van der Waals surface area contributed by atoms with E-state index in [4.69, 9.17) is 24.5 Å². The molecule has 20 heavy (non-hydrogen) atoms. The summed E-state index contributed by atoms with van der Waals surface area (Å²) >= 11 is 0. The maximum absolute atomic E-state index is 5.97. The van der Waals surface area contributed by atoms with Crippen molar-refractivity contribution < 1.29 is 18.8 Å². The molecule has 1 fully saturated rings. The normalized spacial score (nSPS) is 20.0. The molecule has 1 aromatic heterocycles. The SMILES string of the molecule is COc1nc(N)nc(OC)c1B1OC(C)(C)C(C)(C)O1. The second kappa shape index (κ2) is 4.78. The van der Waals surface area contributed by atoms with E-state index in [1.54, 1.807) is 0 Å². The van der Waals surface area contributed by atoms with Crippen LogP contribution >= 0.6 is 0 Å². The second-order valence-corrected chi connectivity index (χ2v) is 5.60. The number of nitrogens with two attached hydrogens (primary N) is 1. The monoisotopic (exact) mass is 281 g/mol. The average Bonchev–Trinajstić information content (AvgIpc) is 2.56. The van der Waals surface area contributed by atoms with Crippen molar-refractivity contribution in [2.24, 2.45) is 0 Å². The van der Waals surface area contributed by atoms with Crippen LogP contribution in [0.4, 0.5) is 5.95 Å². The summed E-state index contributed by atoms with van der Waals surface area (Å²) in [5, 5.41) is 0. The van der Waals surface area contributed by atoms with Crippen LogP contribution in [-0.4, -0.2) is 42.5 Å². The number of hydrogen-bond acceptors (Lipinski definition) is 7. The summed E-state index contributed by atoms with van der Waals surface area (Å²) in [7, 11) is 2.32. The maximum atomic E-state index is 5.97. The van der Waals surface area contributed by atoms with Gasteiger partial charge in [-0.15, -0.1) is 0 Å². The lowest BCUT2D eigenvalue weighted by Gasteiger charge is -2.32. The summed E-state index contributed by atoms with van der Waals surface area (Å²) in [4.78, 5) is 8.09. The summed E-state index contributed by atoms with van der Waals surface area (Å²) in [6, 6.07) is 0. The van der Waals surface area contributed by atoms with Gasteiger partial charge in [0.05, 0.1) is 25.4 Å². The van der Waals surface area contributed by atoms with Crippen molar-refractivity contribution in [3.63, 3.8) is 0 Å². The minimum atomic E-state index is -0.675. The molecule has 7 nitrogen and oxygen atoms in total. The molecule has 0 unspecified atom stereocenters. The third-order valence-corrected chi connectivity index (χ3v) is 3.77. The maximum Gasteiger partial charge on any atom is 0.506 e. The first kappa shape index (κ1) is 14.9. The minimum absolute atomic E-state index is 0.0685. The molecule has 2 rings (SSSR count). The van der Waals surface area contributed by atoms with Gasteiger partial charge in [0.2, 0.25) is 17.7 Å². The lowest BCUT2D eigenvalue weighted by molar-refractivity contribution is 0.00578. The molecule has 2 heterocycles. The van der Waals surface area contributed by atoms with Crippen LogP contribution in [0.3, 0.4) is 0 Å². The van der Waals surface area contributed by atoms with E-state index in [2.05, 4.69) is 9.97 Å². The smallest absolute Gasteiger partial charge is 0.481 e. The van der Waals surface area contributed by atoms with Crippen LogP contribution in [0.25, 0.3) is 0 Å². The molecule has 0 aliphatic carbocycles. The highest BCUT2D eigenvalue weighted by atomic mass is 16.7. The van der Waals surface area contributed by atoms with Gasteiger partial charge < -0.3 is 24.5 Å². The quantitative estimate of drug-likeness (QED) is 0.801. The highest BCUT2D eigenvalue weighted by Crippen LogP contribution is 2.37. The van der Waals surface area contributed by atoms with Gasteiger partial charge in [-0.25, -0.2) is 0 Å². The molecule has 8 heteroatoms. The van der Waals surface area contributed by atoms with Crippen molar-refractivity contribution in [2.45, 2.75) is 38.9 Å². The molecule has 0 bridgehead atoms. The Balaban J connectivity index is 2.49. The zero-order valence-electron chi connectivity index (χ0n) is 12.7. The lowest BCUT2D eigenvalue weighted by atomic mass is 9.80. The lowest BCUT2D eigenvalue weighted by Crippen LogP contribution is -2.41. The molecule has 0 spiro atoms. The summed E-state index contributed by atoms with van der Waals surface area (Å²) in [6.45, 7) is 7.85. The molecule has 0 radical (unpaired) electrons. The highest BCUT2D eigenvalue weighted by Gasteiger charge is 2.54. The summed E-state index contributed by atoms with van der Waals surface area (Å²) < 4.78 is 22.4. The van der Waals surface area contributed by atoms with E-state index in [0.717, 1.165) is 0 Å². The zero-order valence-corrected chi connectivity index (χ0v) is 12.7. The van der Waals surface area contributed by atoms with Gasteiger partial charge >= 0.3 is 7.12 Å². The number of nitrogen functional groups attached to an aromatic ring is 1. The van der Waals surface area contributed by atoms with Crippen LogP contribution in [0.1, 0.15) is 27.7 Å². The van der Waals surface area contributed by atoms with Crippen molar-refractivity contribution >= 4 is 18.5 Å². The second-order valence-electron chi connectivity index (χ2n) is 5.60. The molecule has 0 aromatic carbocycles. The first-order chi connectivity index (χ1) is 9.21. The van der Waals surface area contributed by atoms with Crippen molar-refractivity contribution in [3.05, 3.63) is 0 Å². The Bertz CT molecular complexity index is 480.